The molecule has 156 valence electrons. The van der Waals surface area contributed by atoms with Crippen molar-refractivity contribution in [2.45, 2.75) is 5.24 Å². The van der Waals surface area contributed by atoms with E-state index in [4.69, 9.17) is 34.0 Å². The molecule has 0 fully saturated rings. The van der Waals surface area contributed by atoms with Crippen LogP contribution in [0.25, 0.3) is 11.4 Å². The molecule has 3 aromatic rings. The Morgan fingerprint density at radius 1 is 1.19 bits per heavy atom. The first kappa shape index (κ1) is 22.7. The number of hydrogen-bond acceptors (Lipinski definition) is 8. The first-order chi connectivity index (χ1) is 15.1. The molecule has 0 saturated carbocycles. The molecule has 0 aliphatic heterocycles. The number of anilines is 3. The van der Waals surface area contributed by atoms with Gasteiger partial charge in [-0.3, -0.25) is 14.8 Å². The van der Waals surface area contributed by atoms with Gasteiger partial charge in [-0.15, -0.1) is 10.2 Å². The van der Waals surface area contributed by atoms with Crippen LogP contribution in [0.2, 0.25) is 0 Å². The van der Waals surface area contributed by atoms with Gasteiger partial charge >= 0.3 is 6.03 Å². The Morgan fingerprint density at radius 2 is 1.94 bits per heavy atom. The lowest BCUT2D eigenvalue weighted by Gasteiger charge is -2.23. The summed E-state index contributed by atoms with van der Waals surface area (Å²) in [6.45, 7) is 0. The molecule has 15 heteroatoms. The van der Waals surface area contributed by atoms with Gasteiger partial charge in [0.05, 0.1) is 47.6 Å². The first-order valence-corrected chi connectivity index (χ1v) is 9.00. The zero-order valence-electron chi connectivity index (χ0n) is 17.2. The summed E-state index contributed by atoms with van der Waals surface area (Å²) >= 11 is 0. The van der Waals surface area contributed by atoms with Crippen LogP contribution in [0.4, 0.5) is 22.0 Å². The monoisotopic (exact) mass is 427 g/mol. The fraction of sp³-hybridized carbons (Fsp3) is 0.176. The Morgan fingerprint density at radius 3 is 2.53 bits per heavy atom. The molecule has 0 spiro atoms. The predicted molar refractivity (Wildman–Crippen MR) is 119 cm³/mol. The Bertz CT molecular complexity index is 1160. The number of rotatable bonds is 7. The second-order valence-corrected chi connectivity index (χ2v) is 6.62. The van der Waals surface area contributed by atoms with Crippen LogP contribution in [0.1, 0.15) is 10.5 Å². The summed E-state index contributed by atoms with van der Waals surface area (Å²) in [6, 6.07) is 5.66. The highest BCUT2D eigenvalue weighted by atomic mass is 16.5. The van der Waals surface area contributed by atoms with Crippen molar-refractivity contribution in [1.29, 1.82) is 0 Å². The van der Waals surface area contributed by atoms with Crippen molar-refractivity contribution in [2.24, 2.45) is 12.8 Å². The molecule has 1 aromatic carbocycles. The number of aromatic nitrogens is 5. The van der Waals surface area contributed by atoms with Crippen molar-refractivity contribution in [3.05, 3.63) is 36.3 Å². The molecule has 5 N–H and O–H groups in total. The van der Waals surface area contributed by atoms with Crippen molar-refractivity contribution in [3.8, 4) is 17.1 Å². The van der Waals surface area contributed by atoms with Crippen LogP contribution in [0, 0.1) is 0 Å². The van der Waals surface area contributed by atoms with Gasteiger partial charge in [0.2, 0.25) is 0 Å². The van der Waals surface area contributed by atoms with E-state index in [1.807, 2.05) is 0 Å². The van der Waals surface area contributed by atoms with Crippen molar-refractivity contribution >= 4 is 52.7 Å². The van der Waals surface area contributed by atoms with Crippen LogP contribution >= 0.6 is 0 Å². The number of carbonyl (C=O) groups excluding carboxylic acids is 2. The van der Waals surface area contributed by atoms with E-state index in [0.29, 0.717) is 22.8 Å². The van der Waals surface area contributed by atoms with Crippen molar-refractivity contribution in [3.63, 3.8) is 0 Å². The van der Waals surface area contributed by atoms with E-state index in [2.05, 4.69) is 36.2 Å². The Labute approximate surface area is 186 Å². The van der Waals surface area contributed by atoms with Crippen molar-refractivity contribution in [2.75, 3.05) is 17.7 Å². The number of urea groups is 1. The van der Waals surface area contributed by atoms with Gasteiger partial charge in [0.15, 0.2) is 23.1 Å². The van der Waals surface area contributed by atoms with E-state index in [-0.39, 0.29) is 17.2 Å². The lowest BCUT2D eigenvalue weighted by molar-refractivity contribution is 0.0947. The lowest BCUT2D eigenvalue weighted by atomic mass is 9.49. The first-order valence-electron chi connectivity index (χ1n) is 9.00. The van der Waals surface area contributed by atoms with Crippen molar-refractivity contribution in [1.82, 2.24) is 30.3 Å². The van der Waals surface area contributed by atoms with Crippen LogP contribution < -0.4 is 26.4 Å². The second kappa shape index (κ2) is 9.00. The van der Waals surface area contributed by atoms with Crippen LogP contribution in [-0.2, 0) is 7.05 Å². The van der Waals surface area contributed by atoms with Gasteiger partial charge in [-0.1, -0.05) is 11.3 Å². The molecule has 0 aliphatic rings. The van der Waals surface area contributed by atoms with Crippen molar-refractivity contribution < 1.29 is 14.3 Å². The minimum absolute atomic E-state index is 0.0161. The maximum atomic E-state index is 12.6. The molecule has 0 saturated heterocycles. The molecule has 3 amide bonds. The number of ether oxygens (including phenoxy) is 1. The number of aryl methyl sites for hydroxylation is 1. The zero-order valence-corrected chi connectivity index (χ0v) is 17.2. The average molecular weight is 427 g/mol. The number of nitrogens with zero attached hydrogens (tertiary/aromatic N) is 5. The molecular formula is C17H16B3N9O3. The molecule has 0 atom stereocenters. The molecule has 0 aliphatic carbocycles. The third-order valence-electron chi connectivity index (χ3n) is 3.92. The predicted octanol–water partition coefficient (Wildman–Crippen LogP) is -0.639. The number of nitrogens with one attached hydrogen (secondary N) is 3. The number of para-hydroxylation sites is 1. The smallest absolute Gasteiger partial charge is 0.317 e. The van der Waals surface area contributed by atoms with Crippen LogP contribution in [0.3, 0.4) is 0 Å². The Balaban J connectivity index is 2.06. The van der Waals surface area contributed by atoms with Gasteiger partial charge in [0.1, 0.15) is 6.33 Å². The highest BCUT2D eigenvalue weighted by molar-refractivity contribution is 6.60. The van der Waals surface area contributed by atoms with Gasteiger partial charge in [-0.05, 0) is 12.1 Å². The van der Waals surface area contributed by atoms with Gasteiger partial charge in [0.25, 0.3) is 5.91 Å². The summed E-state index contributed by atoms with van der Waals surface area (Å²) in [6.07, 6.45) is 1.55. The number of amides is 3. The Hall–Kier alpha value is -4.03. The zero-order chi connectivity index (χ0) is 23.5. The molecule has 12 nitrogen and oxygen atoms in total. The topological polar surface area (TPSA) is 162 Å². The van der Waals surface area contributed by atoms with Crippen LogP contribution in [-0.4, -0.2) is 72.8 Å². The third kappa shape index (κ3) is 5.36. The van der Waals surface area contributed by atoms with E-state index >= 15 is 0 Å². The normalized spacial score (nSPS) is 10.9. The van der Waals surface area contributed by atoms with E-state index in [0.717, 1.165) is 0 Å². The summed E-state index contributed by atoms with van der Waals surface area (Å²) in [5, 5.41) is 17.3. The van der Waals surface area contributed by atoms with Gasteiger partial charge in [-0.25, -0.2) is 9.78 Å². The largest absolute Gasteiger partial charge is 0.494 e. The number of methoxy groups -OCH3 is 1. The molecular weight excluding hydrogens is 411 g/mol. The number of carbonyl (C=O) groups is 2. The summed E-state index contributed by atoms with van der Waals surface area (Å²) in [5.41, 5.74) is 6.07. The van der Waals surface area contributed by atoms with Crippen LogP contribution in [0.15, 0.2) is 30.6 Å². The summed E-state index contributed by atoms with van der Waals surface area (Å²) < 4.78 is 7.10. The third-order valence-corrected chi connectivity index (χ3v) is 3.92. The fourth-order valence-corrected chi connectivity index (χ4v) is 2.74. The van der Waals surface area contributed by atoms with E-state index < -0.39 is 17.2 Å². The SMILES string of the molecule is [B]C([B])([B])NC(=O)c1nnc(NC(N)=O)cc1Nc1cccc(-c2ncn(C)n2)c1OC. The maximum absolute atomic E-state index is 12.6. The lowest BCUT2D eigenvalue weighted by Crippen LogP contribution is -2.50. The molecule has 32 heavy (non-hydrogen) atoms. The van der Waals surface area contributed by atoms with Gasteiger partial charge in [0, 0.05) is 13.1 Å². The fourth-order valence-electron chi connectivity index (χ4n) is 2.74. The molecule has 2 aromatic heterocycles. The van der Waals surface area contributed by atoms with E-state index in [1.165, 1.54) is 13.2 Å². The minimum atomic E-state index is -2.00. The quantitative estimate of drug-likeness (QED) is 0.362. The number of benzene rings is 1. The highest BCUT2D eigenvalue weighted by Gasteiger charge is 2.22. The highest BCUT2D eigenvalue weighted by Crippen LogP contribution is 2.37. The van der Waals surface area contributed by atoms with Gasteiger partial charge < -0.3 is 21.1 Å². The number of hydrogen-bond donors (Lipinski definition) is 4. The maximum Gasteiger partial charge on any atom is 0.317 e. The molecule has 6 radical (unpaired) electrons. The minimum Gasteiger partial charge on any atom is -0.494 e. The summed E-state index contributed by atoms with van der Waals surface area (Å²) in [5.74, 6) is -0.0246. The molecule has 2 heterocycles. The molecule has 0 bridgehead atoms. The molecule has 0 unspecified atom stereocenters. The number of primary amides is 1. The second-order valence-electron chi connectivity index (χ2n) is 6.62. The number of nitrogens with two attached hydrogens (primary N) is 1. The summed E-state index contributed by atoms with van der Waals surface area (Å²) in [4.78, 5) is 28.0. The molecule has 3 rings (SSSR count). The van der Waals surface area contributed by atoms with E-state index in [9.17, 15) is 9.59 Å². The average Bonchev–Trinajstić information content (AvgIpc) is 3.12. The standard InChI is InChI=1S/C17H16B3N9O3/c1-29-7-22-14(28-29)8-4-3-5-9(13(8)32-2)23-10-6-11(24-16(21)31)26-27-12(10)15(30)25-17(18,19)20/h3-7H,1-2H3,(H,25,30)(H4,21,23,24,26,31). The van der Waals surface area contributed by atoms with E-state index in [1.54, 1.807) is 36.3 Å². The Kier molecular flexibility index (Phi) is 6.37. The van der Waals surface area contributed by atoms with Crippen LogP contribution in [0.5, 0.6) is 5.75 Å². The van der Waals surface area contributed by atoms with Gasteiger partial charge in [-0.2, -0.15) is 5.10 Å². The summed E-state index contributed by atoms with van der Waals surface area (Å²) in [7, 11) is 19.6.